The number of rotatable bonds is 2. The fraction of sp³-hybridized carbons (Fsp3) is 0.850. The van der Waals surface area contributed by atoms with Crippen LogP contribution in [0.5, 0.6) is 0 Å². The van der Waals surface area contributed by atoms with Crippen LogP contribution in [-0.4, -0.2) is 24.7 Å². The summed E-state index contributed by atoms with van der Waals surface area (Å²) in [5.74, 6) is 2.81. The minimum absolute atomic E-state index is 0.0850. The van der Waals surface area contributed by atoms with Gasteiger partial charge >= 0.3 is 5.97 Å². The molecule has 0 aromatic heterocycles. The Hall–Kier alpha value is -0.830. The molecule has 2 saturated heterocycles. The van der Waals surface area contributed by atoms with E-state index in [-0.39, 0.29) is 11.9 Å². The van der Waals surface area contributed by atoms with E-state index < -0.39 is 0 Å². The fourth-order valence-electron chi connectivity index (χ4n) is 5.78. The van der Waals surface area contributed by atoms with Crippen molar-refractivity contribution in [3.05, 3.63) is 12.2 Å². The highest BCUT2D eigenvalue weighted by molar-refractivity contribution is 5.75. The Balaban J connectivity index is 1.52. The molecule has 4 fully saturated rings. The van der Waals surface area contributed by atoms with Crippen LogP contribution >= 0.6 is 0 Å². The zero-order chi connectivity index (χ0) is 15.8. The normalized spacial score (nSPS) is 47.2. The molecule has 1 N–H and O–H groups in total. The van der Waals surface area contributed by atoms with E-state index in [9.17, 15) is 4.79 Å². The monoisotopic (exact) mass is 317 g/mol. The third kappa shape index (κ3) is 3.09. The Morgan fingerprint density at radius 1 is 1.04 bits per heavy atom. The zero-order valence-electron chi connectivity index (χ0n) is 14.4. The molecule has 0 bridgehead atoms. The van der Waals surface area contributed by atoms with Crippen LogP contribution in [0.1, 0.15) is 58.3 Å². The predicted octanol–water partition coefficient (Wildman–Crippen LogP) is 3.69. The Kier molecular flexibility index (Phi) is 4.49. The van der Waals surface area contributed by atoms with Gasteiger partial charge in [0, 0.05) is 18.0 Å². The van der Waals surface area contributed by atoms with Crippen LogP contribution in [0.3, 0.4) is 0 Å². The molecule has 2 aliphatic carbocycles. The van der Waals surface area contributed by atoms with Gasteiger partial charge in [-0.2, -0.15) is 0 Å². The first-order valence-corrected chi connectivity index (χ1v) is 9.83. The molecule has 7 atom stereocenters. The molecule has 3 heteroatoms. The summed E-state index contributed by atoms with van der Waals surface area (Å²) in [5.41, 5.74) is 0. The van der Waals surface area contributed by atoms with Crippen molar-refractivity contribution in [1.82, 2.24) is 5.32 Å². The smallest absolute Gasteiger partial charge is 0.309 e. The van der Waals surface area contributed by atoms with E-state index in [4.69, 9.17) is 4.74 Å². The van der Waals surface area contributed by atoms with Gasteiger partial charge in [0.2, 0.25) is 0 Å². The second kappa shape index (κ2) is 6.58. The number of piperidine rings is 1. The minimum atomic E-state index is 0.0850. The molecule has 2 saturated carbocycles. The second-order valence-corrected chi connectivity index (χ2v) is 8.41. The summed E-state index contributed by atoms with van der Waals surface area (Å²) in [6, 6.07) is 1.16. The third-order valence-corrected chi connectivity index (χ3v) is 6.97. The SMILES string of the molecule is C[C@@H]1CCC[C@@H](/C=C/[C@@H]2[C@@H]3CCCC[C@H]3C[C@H]3C(=O)OC[C@@H]23)N1. The number of ether oxygens (including phenoxy) is 1. The van der Waals surface area contributed by atoms with Crippen LogP contribution in [-0.2, 0) is 9.53 Å². The van der Waals surface area contributed by atoms with E-state index >= 15 is 0 Å². The zero-order valence-corrected chi connectivity index (χ0v) is 14.4. The molecule has 4 rings (SSSR count). The first-order valence-electron chi connectivity index (χ1n) is 9.83. The van der Waals surface area contributed by atoms with Crippen molar-refractivity contribution in [3.8, 4) is 0 Å². The van der Waals surface area contributed by atoms with Gasteiger partial charge in [-0.05, 0) is 50.4 Å². The number of carbonyl (C=O) groups excluding carboxylic acids is 1. The number of cyclic esters (lactones) is 1. The summed E-state index contributed by atoms with van der Waals surface area (Å²) in [6.45, 7) is 2.95. The van der Waals surface area contributed by atoms with Crippen molar-refractivity contribution in [2.24, 2.45) is 29.6 Å². The number of nitrogens with one attached hydrogen (secondary N) is 1. The van der Waals surface area contributed by atoms with E-state index in [1.807, 2.05) is 0 Å². The Morgan fingerprint density at radius 2 is 1.91 bits per heavy atom. The van der Waals surface area contributed by atoms with Crippen molar-refractivity contribution in [2.45, 2.75) is 70.4 Å². The lowest BCUT2D eigenvalue weighted by atomic mass is 9.58. The first kappa shape index (κ1) is 15.7. The predicted molar refractivity (Wildman–Crippen MR) is 90.9 cm³/mol. The average Bonchev–Trinajstić information content (AvgIpc) is 2.93. The van der Waals surface area contributed by atoms with Crippen molar-refractivity contribution >= 4 is 5.97 Å². The highest BCUT2D eigenvalue weighted by Crippen LogP contribution is 2.51. The Bertz CT molecular complexity index is 474. The third-order valence-electron chi connectivity index (χ3n) is 6.97. The molecular formula is C20H31NO2. The van der Waals surface area contributed by atoms with Gasteiger partial charge in [0.05, 0.1) is 12.5 Å². The number of hydrogen-bond donors (Lipinski definition) is 1. The van der Waals surface area contributed by atoms with Crippen molar-refractivity contribution < 1.29 is 9.53 Å². The molecule has 3 nitrogen and oxygen atoms in total. The van der Waals surface area contributed by atoms with E-state index in [2.05, 4.69) is 24.4 Å². The van der Waals surface area contributed by atoms with Crippen molar-refractivity contribution in [1.29, 1.82) is 0 Å². The molecule has 0 unspecified atom stereocenters. The number of esters is 1. The lowest BCUT2D eigenvalue weighted by Gasteiger charge is -2.45. The molecule has 2 aliphatic heterocycles. The standard InChI is InChI=1S/C20H31NO2/c1-13-5-4-7-15(21-13)9-10-17-16-8-3-2-6-14(16)11-18-19(17)12-23-20(18)22/h9-10,13-19,21H,2-8,11-12H2,1H3/b10-9+/t13-,14+,15+,16-,17-,18-,19+/m1/s1. The second-order valence-electron chi connectivity index (χ2n) is 8.41. The van der Waals surface area contributed by atoms with E-state index in [1.54, 1.807) is 0 Å². The van der Waals surface area contributed by atoms with Gasteiger partial charge in [-0.3, -0.25) is 4.79 Å². The molecule has 23 heavy (non-hydrogen) atoms. The van der Waals surface area contributed by atoms with Crippen molar-refractivity contribution in [3.63, 3.8) is 0 Å². The van der Waals surface area contributed by atoms with Gasteiger partial charge in [0.25, 0.3) is 0 Å². The number of hydrogen-bond acceptors (Lipinski definition) is 3. The molecule has 4 aliphatic rings. The van der Waals surface area contributed by atoms with Crippen LogP contribution in [0.15, 0.2) is 12.2 Å². The number of fused-ring (bicyclic) bond motifs is 2. The van der Waals surface area contributed by atoms with E-state index in [0.29, 0.717) is 30.5 Å². The topological polar surface area (TPSA) is 38.3 Å². The van der Waals surface area contributed by atoms with Gasteiger partial charge in [-0.25, -0.2) is 0 Å². The van der Waals surface area contributed by atoms with E-state index in [1.165, 1.54) is 44.9 Å². The summed E-state index contributed by atoms with van der Waals surface area (Å²) in [7, 11) is 0. The van der Waals surface area contributed by atoms with Crippen LogP contribution in [0.2, 0.25) is 0 Å². The molecule has 0 amide bonds. The van der Waals surface area contributed by atoms with Gasteiger partial charge in [0.1, 0.15) is 0 Å². The van der Waals surface area contributed by atoms with E-state index in [0.717, 1.165) is 18.3 Å². The maximum absolute atomic E-state index is 12.1. The lowest BCUT2D eigenvalue weighted by Crippen LogP contribution is -2.42. The molecule has 0 aromatic carbocycles. The van der Waals surface area contributed by atoms with Gasteiger partial charge in [-0.1, -0.05) is 37.8 Å². The lowest BCUT2D eigenvalue weighted by molar-refractivity contribution is -0.142. The Morgan fingerprint density at radius 3 is 2.78 bits per heavy atom. The van der Waals surface area contributed by atoms with Crippen LogP contribution in [0.25, 0.3) is 0 Å². The fourth-order valence-corrected chi connectivity index (χ4v) is 5.78. The highest BCUT2D eigenvalue weighted by atomic mass is 16.5. The van der Waals surface area contributed by atoms with Gasteiger partial charge < -0.3 is 10.1 Å². The van der Waals surface area contributed by atoms with Crippen LogP contribution in [0.4, 0.5) is 0 Å². The highest BCUT2D eigenvalue weighted by Gasteiger charge is 2.50. The maximum atomic E-state index is 12.1. The Labute approximate surface area is 140 Å². The molecule has 0 radical (unpaired) electrons. The molecule has 2 heterocycles. The first-order chi connectivity index (χ1) is 11.2. The quantitative estimate of drug-likeness (QED) is 0.623. The summed E-state index contributed by atoms with van der Waals surface area (Å²) in [4.78, 5) is 12.1. The van der Waals surface area contributed by atoms with Gasteiger partial charge in [0.15, 0.2) is 0 Å². The summed E-state index contributed by atoms with van der Waals surface area (Å²) in [6.07, 6.45) is 15.3. The van der Waals surface area contributed by atoms with Crippen molar-refractivity contribution in [2.75, 3.05) is 6.61 Å². The minimum Gasteiger partial charge on any atom is -0.465 e. The molecule has 0 aromatic rings. The number of carbonyl (C=O) groups is 1. The summed E-state index contributed by atoms with van der Waals surface area (Å²) >= 11 is 0. The molecular weight excluding hydrogens is 286 g/mol. The molecule has 0 spiro atoms. The van der Waals surface area contributed by atoms with Crippen LogP contribution in [0, 0.1) is 29.6 Å². The largest absolute Gasteiger partial charge is 0.465 e. The average molecular weight is 317 g/mol. The summed E-state index contributed by atoms with van der Waals surface area (Å²) in [5, 5.41) is 3.71. The van der Waals surface area contributed by atoms with Crippen LogP contribution < -0.4 is 5.32 Å². The van der Waals surface area contributed by atoms with Gasteiger partial charge in [-0.15, -0.1) is 0 Å². The summed E-state index contributed by atoms with van der Waals surface area (Å²) < 4.78 is 5.46. The molecule has 128 valence electrons. The maximum Gasteiger partial charge on any atom is 0.309 e. The number of allylic oxidation sites excluding steroid dienone is 1.